The molecule has 0 amide bonds. The lowest BCUT2D eigenvalue weighted by Crippen LogP contribution is -2.44. The fourth-order valence-corrected chi connectivity index (χ4v) is 3.12. The molecule has 2 unspecified atom stereocenters. The van der Waals surface area contributed by atoms with Crippen LogP contribution in [-0.4, -0.2) is 35.9 Å². The van der Waals surface area contributed by atoms with E-state index in [-0.39, 0.29) is 0 Å². The molecule has 1 aromatic heterocycles. The number of nitrogens with zero attached hydrogens (tertiary/aromatic N) is 3. The highest BCUT2D eigenvalue weighted by Gasteiger charge is 2.33. The number of rotatable bonds is 1. The van der Waals surface area contributed by atoms with E-state index in [1.807, 2.05) is 5.51 Å². The van der Waals surface area contributed by atoms with Crippen LogP contribution in [0.3, 0.4) is 0 Å². The van der Waals surface area contributed by atoms with E-state index >= 15 is 0 Å². The van der Waals surface area contributed by atoms with E-state index in [1.54, 1.807) is 11.3 Å². The van der Waals surface area contributed by atoms with Crippen molar-refractivity contribution in [3.63, 3.8) is 0 Å². The predicted molar refractivity (Wildman–Crippen MR) is 56.6 cm³/mol. The fraction of sp³-hybridized carbons (Fsp3) is 0.778. The predicted octanol–water partition coefficient (Wildman–Crippen LogP) is 0.726. The Morgan fingerprint density at radius 1 is 1.50 bits per heavy atom. The number of nitrogens with one attached hydrogen (secondary N) is 1. The third-order valence-corrected chi connectivity index (χ3v) is 4.03. The Morgan fingerprint density at radius 2 is 2.50 bits per heavy atom. The number of piperidine rings is 1. The monoisotopic (exact) mass is 210 g/mol. The van der Waals surface area contributed by atoms with Crippen LogP contribution in [0.5, 0.6) is 0 Å². The smallest absolute Gasteiger partial charge is 0.208 e. The van der Waals surface area contributed by atoms with Gasteiger partial charge in [0.25, 0.3) is 0 Å². The molecule has 1 aromatic rings. The third kappa shape index (κ3) is 1.40. The standard InChI is InChI=1S/C9H14N4S/c1-3-10-8-2-4-13(5-7(1)8)9-12-11-6-14-9/h6-8,10H,1-5H2. The third-order valence-electron chi connectivity index (χ3n) is 3.27. The quantitative estimate of drug-likeness (QED) is 0.742. The zero-order chi connectivity index (χ0) is 9.38. The van der Waals surface area contributed by atoms with Gasteiger partial charge in [-0.15, -0.1) is 10.2 Å². The van der Waals surface area contributed by atoms with Crippen LogP contribution in [0.15, 0.2) is 5.51 Å². The molecule has 0 radical (unpaired) electrons. The summed E-state index contributed by atoms with van der Waals surface area (Å²) < 4.78 is 0. The van der Waals surface area contributed by atoms with Crippen molar-refractivity contribution >= 4 is 16.5 Å². The molecule has 14 heavy (non-hydrogen) atoms. The molecule has 0 saturated carbocycles. The van der Waals surface area contributed by atoms with Crippen molar-refractivity contribution in [3.05, 3.63) is 5.51 Å². The maximum atomic E-state index is 4.13. The molecule has 76 valence electrons. The minimum atomic E-state index is 0.763. The first kappa shape index (κ1) is 8.61. The van der Waals surface area contributed by atoms with E-state index in [1.165, 1.54) is 19.4 Å². The number of anilines is 1. The highest BCUT2D eigenvalue weighted by atomic mass is 32.1. The van der Waals surface area contributed by atoms with Gasteiger partial charge in [0.05, 0.1) is 0 Å². The first-order valence-electron chi connectivity index (χ1n) is 5.18. The van der Waals surface area contributed by atoms with Crippen LogP contribution >= 0.6 is 11.3 Å². The highest BCUT2D eigenvalue weighted by Crippen LogP contribution is 2.28. The maximum Gasteiger partial charge on any atom is 0.208 e. The topological polar surface area (TPSA) is 41.1 Å². The second-order valence-electron chi connectivity index (χ2n) is 4.07. The Balaban J connectivity index is 1.73. The van der Waals surface area contributed by atoms with E-state index in [4.69, 9.17) is 0 Å². The minimum Gasteiger partial charge on any atom is -0.346 e. The van der Waals surface area contributed by atoms with Gasteiger partial charge in [-0.2, -0.15) is 0 Å². The molecule has 0 spiro atoms. The fourth-order valence-electron chi connectivity index (χ4n) is 2.53. The van der Waals surface area contributed by atoms with Crippen molar-refractivity contribution in [2.24, 2.45) is 5.92 Å². The summed E-state index contributed by atoms with van der Waals surface area (Å²) in [4.78, 5) is 2.38. The zero-order valence-electron chi connectivity index (χ0n) is 8.02. The van der Waals surface area contributed by atoms with Crippen molar-refractivity contribution in [2.45, 2.75) is 18.9 Å². The number of hydrogen-bond donors (Lipinski definition) is 1. The average Bonchev–Trinajstić information content (AvgIpc) is 2.88. The summed E-state index contributed by atoms with van der Waals surface area (Å²) in [6, 6.07) is 0.763. The van der Waals surface area contributed by atoms with Crippen LogP contribution in [0.4, 0.5) is 5.13 Å². The second-order valence-corrected chi connectivity index (χ2v) is 4.88. The van der Waals surface area contributed by atoms with Crippen LogP contribution in [0.1, 0.15) is 12.8 Å². The van der Waals surface area contributed by atoms with E-state index in [0.717, 1.165) is 30.2 Å². The molecule has 2 fully saturated rings. The Kier molecular flexibility index (Phi) is 2.14. The van der Waals surface area contributed by atoms with Crippen LogP contribution < -0.4 is 10.2 Å². The molecule has 0 bridgehead atoms. The second kappa shape index (κ2) is 3.47. The van der Waals surface area contributed by atoms with Gasteiger partial charge < -0.3 is 10.2 Å². The van der Waals surface area contributed by atoms with Crippen molar-refractivity contribution in [2.75, 3.05) is 24.5 Å². The Bertz CT molecular complexity index is 300. The van der Waals surface area contributed by atoms with Crippen molar-refractivity contribution in [1.82, 2.24) is 15.5 Å². The minimum absolute atomic E-state index is 0.763. The van der Waals surface area contributed by atoms with Crippen LogP contribution in [0.25, 0.3) is 0 Å². The van der Waals surface area contributed by atoms with Crippen LogP contribution in [0, 0.1) is 5.92 Å². The van der Waals surface area contributed by atoms with Gasteiger partial charge in [-0.05, 0) is 25.3 Å². The SMILES string of the molecule is c1nnc(N2CCC3NCCC3C2)s1. The molecule has 2 aliphatic heterocycles. The van der Waals surface area contributed by atoms with Gasteiger partial charge in [0, 0.05) is 19.1 Å². The molecular formula is C9H14N4S. The van der Waals surface area contributed by atoms with Gasteiger partial charge in [-0.1, -0.05) is 11.3 Å². The summed E-state index contributed by atoms with van der Waals surface area (Å²) in [6.07, 6.45) is 2.57. The molecule has 0 aliphatic carbocycles. The summed E-state index contributed by atoms with van der Waals surface area (Å²) in [5.41, 5.74) is 1.81. The first-order chi connectivity index (χ1) is 6.93. The van der Waals surface area contributed by atoms with Gasteiger partial charge in [-0.3, -0.25) is 0 Å². The molecule has 3 heterocycles. The summed E-state index contributed by atoms with van der Waals surface area (Å²) in [6.45, 7) is 3.48. The van der Waals surface area contributed by atoms with Crippen molar-refractivity contribution in [1.29, 1.82) is 0 Å². The summed E-state index contributed by atoms with van der Waals surface area (Å²) in [5.74, 6) is 0.827. The molecule has 3 rings (SSSR count). The van der Waals surface area contributed by atoms with E-state index in [0.29, 0.717) is 0 Å². The highest BCUT2D eigenvalue weighted by molar-refractivity contribution is 7.13. The molecule has 1 N–H and O–H groups in total. The average molecular weight is 210 g/mol. The Hall–Kier alpha value is -0.680. The molecular weight excluding hydrogens is 196 g/mol. The normalized spacial score (nSPS) is 31.9. The summed E-state index contributed by atoms with van der Waals surface area (Å²) in [5, 5.41) is 12.7. The van der Waals surface area contributed by atoms with Crippen LogP contribution in [-0.2, 0) is 0 Å². The number of hydrogen-bond acceptors (Lipinski definition) is 5. The van der Waals surface area contributed by atoms with E-state index in [9.17, 15) is 0 Å². The molecule has 4 nitrogen and oxygen atoms in total. The lowest BCUT2D eigenvalue weighted by Gasteiger charge is -2.34. The lowest BCUT2D eigenvalue weighted by molar-refractivity contribution is 0.376. The van der Waals surface area contributed by atoms with Gasteiger partial charge >= 0.3 is 0 Å². The molecule has 0 aromatic carbocycles. The van der Waals surface area contributed by atoms with Crippen molar-refractivity contribution in [3.8, 4) is 0 Å². The van der Waals surface area contributed by atoms with E-state index < -0.39 is 0 Å². The summed E-state index contributed by atoms with van der Waals surface area (Å²) in [7, 11) is 0. The first-order valence-corrected chi connectivity index (χ1v) is 6.06. The van der Waals surface area contributed by atoms with Gasteiger partial charge in [0.15, 0.2) is 0 Å². The summed E-state index contributed by atoms with van der Waals surface area (Å²) >= 11 is 1.65. The Morgan fingerprint density at radius 3 is 3.36 bits per heavy atom. The van der Waals surface area contributed by atoms with Gasteiger partial charge in [-0.25, -0.2) is 0 Å². The van der Waals surface area contributed by atoms with Crippen LogP contribution in [0.2, 0.25) is 0 Å². The molecule has 5 heteroatoms. The largest absolute Gasteiger partial charge is 0.346 e. The number of aromatic nitrogens is 2. The molecule has 2 saturated heterocycles. The lowest BCUT2D eigenvalue weighted by atomic mass is 9.94. The zero-order valence-corrected chi connectivity index (χ0v) is 8.83. The Labute approximate surface area is 87.3 Å². The van der Waals surface area contributed by atoms with Gasteiger partial charge in [0.2, 0.25) is 5.13 Å². The van der Waals surface area contributed by atoms with Crippen molar-refractivity contribution < 1.29 is 0 Å². The molecule has 2 atom stereocenters. The maximum absolute atomic E-state index is 4.13. The molecule has 2 aliphatic rings. The van der Waals surface area contributed by atoms with Gasteiger partial charge in [0.1, 0.15) is 5.51 Å². The van der Waals surface area contributed by atoms with E-state index in [2.05, 4.69) is 20.4 Å². The number of fused-ring (bicyclic) bond motifs is 1.